The first kappa shape index (κ1) is 14.5. The molecule has 2 aliphatic carbocycles. The van der Waals surface area contributed by atoms with E-state index in [0.717, 1.165) is 29.8 Å². The molecule has 5 atom stereocenters. The normalized spacial score (nSPS) is 46.3. The molecule has 2 heterocycles. The monoisotopic (exact) mass is 291 g/mol. The summed E-state index contributed by atoms with van der Waals surface area (Å²) >= 11 is 0. The summed E-state index contributed by atoms with van der Waals surface area (Å²) in [6.07, 6.45) is 7.52. The van der Waals surface area contributed by atoms with Crippen molar-refractivity contribution < 1.29 is 0 Å². The number of hydrogen-bond donors (Lipinski definition) is 0. The highest BCUT2D eigenvalue weighted by atomic mass is 15.3. The Morgan fingerprint density at radius 2 is 1.48 bits per heavy atom. The van der Waals surface area contributed by atoms with Gasteiger partial charge in [-0.1, -0.05) is 13.3 Å². The number of fused-ring (bicyclic) bond motifs is 2. The second-order valence-corrected chi connectivity index (χ2v) is 8.41. The molecule has 2 bridgehead atoms. The van der Waals surface area contributed by atoms with Crippen molar-refractivity contribution in [2.75, 3.05) is 46.3 Å². The van der Waals surface area contributed by atoms with Crippen LogP contribution in [0.1, 0.15) is 39.0 Å². The number of rotatable bonds is 2. The molecule has 120 valence electrons. The molecule has 21 heavy (non-hydrogen) atoms. The predicted molar refractivity (Wildman–Crippen MR) is 87.4 cm³/mol. The molecular weight excluding hydrogens is 258 g/mol. The summed E-state index contributed by atoms with van der Waals surface area (Å²) in [7, 11) is 2.28. The van der Waals surface area contributed by atoms with Crippen molar-refractivity contribution in [2.45, 2.75) is 51.1 Å². The van der Waals surface area contributed by atoms with Crippen LogP contribution in [0.2, 0.25) is 0 Å². The Bertz CT molecular complexity index is 363. The molecule has 4 fully saturated rings. The van der Waals surface area contributed by atoms with E-state index in [1.165, 1.54) is 65.0 Å². The lowest BCUT2D eigenvalue weighted by Gasteiger charge is -2.47. The first-order valence-corrected chi connectivity index (χ1v) is 9.37. The zero-order valence-electron chi connectivity index (χ0n) is 14.0. The van der Waals surface area contributed by atoms with Crippen LogP contribution in [0.5, 0.6) is 0 Å². The summed E-state index contributed by atoms with van der Waals surface area (Å²) in [5.41, 5.74) is 0. The fourth-order valence-electron chi connectivity index (χ4n) is 5.94. The first-order chi connectivity index (χ1) is 10.2. The van der Waals surface area contributed by atoms with E-state index in [4.69, 9.17) is 0 Å². The third-order valence-electron chi connectivity index (χ3n) is 7.05. The van der Waals surface area contributed by atoms with Crippen molar-refractivity contribution in [1.82, 2.24) is 14.7 Å². The van der Waals surface area contributed by atoms with Crippen molar-refractivity contribution in [3.8, 4) is 0 Å². The van der Waals surface area contributed by atoms with Crippen LogP contribution in [-0.2, 0) is 0 Å². The molecule has 0 aromatic carbocycles. The molecule has 0 aromatic rings. The van der Waals surface area contributed by atoms with Crippen LogP contribution in [0.3, 0.4) is 0 Å². The van der Waals surface area contributed by atoms with E-state index in [0.29, 0.717) is 0 Å². The number of likely N-dealkylation sites (tertiary alicyclic amines) is 1. The lowest BCUT2D eigenvalue weighted by Crippen LogP contribution is -2.57. The van der Waals surface area contributed by atoms with Crippen LogP contribution >= 0.6 is 0 Å². The fraction of sp³-hybridized carbons (Fsp3) is 1.00. The second-order valence-electron chi connectivity index (χ2n) is 8.41. The van der Waals surface area contributed by atoms with Crippen molar-refractivity contribution in [1.29, 1.82) is 0 Å². The van der Waals surface area contributed by atoms with Gasteiger partial charge < -0.3 is 4.90 Å². The Balaban J connectivity index is 1.30. The molecule has 0 N–H and O–H groups in total. The highest BCUT2D eigenvalue weighted by Crippen LogP contribution is 2.46. The highest BCUT2D eigenvalue weighted by molar-refractivity contribution is 4.97. The summed E-state index contributed by atoms with van der Waals surface area (Å²) in [5, 5.41) is 0. The van der Waals surface area contributed by atoms with Gasteiger partial charge in [0.2, 0.25) is 0 Å². The Labute approximate surface area is 130 Å². The minimum absolute atomic E-state index is 0.845. The standard InChI is InChI=1S/C18H33N3/c1-14-13-19(2)6-5-17(14)20-7-9-21(10-8-20)18-12-15-3-4-16(18)11-15/h14-18H,3-13H2,1-2H3/t14-,15+,16+,17+,18-/m1/s1. The van der Waals surface area contributed by atoms with Crippen LogP contribution in [0.15, 0.2) is 0 Å². The molecule has 4 rings (SSSR count). The summed E-state index contributed by atoms with van der Waals surface area (Å²) in [4.78, 5) is 8.19. The molecule has 2 saturated heterocycles. The van der Waals surface area contributed by atoms with Gasteiger partial charge in [0.25, 0.3) is 0 Å². The molecule has 2 aliphatic heterocycles. The Morgan fingerprint density at radius 1 is 0.762 bits per heavy atom. The number of piperidine rings is 1. The first-order valence-electron chi connectivity index (χ1n) is 9.37. The van der Waals surface area contributed by atoms with E-state index < -0.39 is 0 Å². The van der Waals surface area contributed by atoms with Crippen molar-refractivity contribution in [2.24, 2.45) is 17.8 Å². The van der Waals surface area contributed by atoms with E-state index in [1.807, 2.05) is 0 Å². The lowest BCUT2D eigenvalue weighted by atomic mass is 9.91. The van der Waals surface area contributed by atoms with Gasteiger partial charge in [0.1, 0.15) is 0 Å². The van der Waals surface area contributed by atoms with Crippen LogP contribution < -0.4 is 0 Å². The van der Waals surface area contributed by atoms with Crippen LogP contribution in [0.25, 0.3) is 0 Å². The summed E-state index contributed by atoms with van der Waals surface area (Å²) in [5.74, 6) is 2.99. The summed E-state index contributed by atoms with van der Waals surface area (Å²) in [6.45, 7) is 10.4. The molecule has 0 aromatic heterocycles. The molecule has 0 radical (unpaired) electrons. The largest absolute Gasteiger partial charge is 0.306 e. The number of hydrogen-bond acceptors (Lipinski definition) is 3. The molecule has 2 saturated carbocycles. The molecule has 3 nitrogen and oxygen atoms in total. The molecular formula is C18H33N3. The van der Waals surface area contributed by atoms with Crippen LogP contribution in [0.4, 0.5) is 0 Å². The molecule has 4 aliphatic rings. The maximum Gasteiger partial charge on any atom is 0.0146 e. The van der Waals surface area contributed by atoms with Crippen molar-refractivity contribution in [3.63, 3.8) is 0 Å². The Hall–Kier alpha value is -0.120. The highest BCUT2D eigenvalue weighted by Gasteiger charge is 2.43. The maximum atomic E-state index is 2.86. The van der Waals surface area contributed by atoms with E-state index in [9.17, 15) is 0 Å². The topological polar surface area (TPSA) is 9.72 Å². The second kappa shape index (κ2) is 5.82. The Kier molecular flexibility index (Phi) is 4.01. The average Bonchev–Trinajstić information content (AvgIpc) is 3.10. The predicted octanol–water partition coefficient (Wildman–Crippen LogP) is 2.13. The maximum absolute atomic E-state index is 2.86. The van der Waals surface area contributed by atoms with Gasteiger partial charge >= 0.3 is 0 Å². The number of nitrogens with zero attached hydrogens (tertiary/aromatic N) is 3. The smallest absolute Gasteiger partial charge is 0.0146 e. The van der Waals surface area contributed by atoms with E-state index in [1.54, 1.807) is 6.42 Å². The summed E-state index contributed by atoms with van der Waals surface area (Å²) in [6, 6.07) is 1.81. The third-order valence-corrected chi connectivity index (χ3v) is 7.05. The van der Waals surface area contributed by atoms with Gasteiger partial charge in [-0.05, 0) is 57.0 Å². The quantitative estimate of drug-likeness (QED) is 0.772. The molecule has 3 heteroatoms. The van der Waals surface area contributed by atoms with Gasteiger partial charge in [0.15, 0.2) is 0 Å². The molecule has 0 unspecified atom stereocenters. The minimum atomic E-state index is 0.845. The van der Waals surface area contributed by atoms with Gasteiger partial charge in [-0.25, -0.2) is 0 Å². The summed E-state index contributed by atoms with van der Waals surface area (Å²) < 4.78 is 0. The molecule has 0 spiro atoms. The third kappa shape index (κ3) is 2.77. The SMILES string of the molecule is C[C@@H]1CN(C)CC[C@@H]1N1CCN([C@@H]2C[C@H]3CC[C@H]2C3)CC1. The number of piperazine rings is 1. The van der Waals surface area contributed by atoms with E-state index in [2.05, 4.69) is 28.7 Å². The van der Waals surface area contributed by atoms with Gasteiger partial charge in [-0.3, -0.25) is 9.80 Å². The van der Waals surface area contributed by atoms with Gasteiger partial charge in [-0.2, -0.15) is 0 Å². The van der Waals surface area contributed by atoms with E-state index in [-0.39, 0.29) is 0 Å². The molecule has 0 amide bonds. The van der Waals surface area contributed by atoms with Crippen molar-refractivity contribution >= 4 is 0 Å². The van der Waals surface area contributed by atoms with Crippen LogP contribution in [-0.4, -0.2) is 73.1 Å². The minimum Gasteiger partial charge on any atom is -0.306 e. The van der Waals surface area contributed by atoms with Gasteiger partial charge in [-0.15, -0.1) is 0 Å². The van der Waals surface area contributed by atoms with Gasteiger partial charge in [0.05, 0.1) is 0 Å². The zero-order chi connectivity index (χ0) is 14.4. The average molecular weight is 291 g/mol. The van der Waals surface area contributed by atoms with Crippen LogP contribution in [0, 0.1) is 17.8 Å². The van der Waals surface area contributed by atoms with Gasteiger partial charge in [0, 0.05) is 44.8 Å². The zero-order valence-corrected chi connectivity index (χ0v) is 14.0. The Morgan fingerprint density at radius 3 is 2.05 bits per heavy atom. The van der Waals surface area contributed by atoms with E-state index >= 15 is 0 Å². The lowest BCUT2D eigenvalue weighted by molar-refractivity contribution is 0.0138. The van der Waals surface area contributed by atoms with Crippen molar-refractivity contribution in [3.05, 3.63) is 0 Å². The fourth-order valence-corrected chi connectivity index (χ4v) is 5.94.